The van der Waals surface area contributed by atoms with Crippen LogP contribution in [0.3, 0.4) is 0 Å². The van der Waals surface area contributed by atoms with Gasteiger partial charge in [-0.05, 0) is 29.8 Å². The Morgan fingerprint density at radius 2 is 1.91 bits per heavy atom. The van der Waals surface area contributed by atoms with Crippen LogP contribution in [0.1, 0.15) is 11.7 Å². The number of hydrogen-bond donors (Lipinski definition) is 3. The lowest BCUT2D eigenvalue weighted by atomic mass is 10.1. The number of para-hydroxylation sites is 1. The summed E-state index contributed by atoms with van der Waals surface area (Å²) in [5, 5.41) is 15.8. The highest BCUT2D eigenvalue weighted by molar-refractivity contribution is 5.85. The maximum Gasteiger partial charge on any atom is 0.239 e. The third-order valence-corrected chi connectivity index (χ3v) is 3.20. The molecule has 0 aromatic heterocycles. The van der Waals surface area contributed by atoms with Gasteiger partial charge in [-0.3, -0.25) is 4.79 Å². The molecule has 0 saturated heterocycles. The number of aliphatic hydroxyl groups is 1. The molecule has 0 spiro atoms. The second-order valence-electron chi connectivity index (χ2n) is 4.82. The van der Waals surface area contributed by atoms with Gasteiger partial charge in [0.25, 0.3) is 0 Å². The molecule has 0 aliphatic heterocycles. The molecule has 23 heavy (non-hydrogen) atoms. The summed E-state index contributed by atoms with van der Waals surface area (Å²) in [5.74, 6) is 0.499. The molecule has 2 aromatic rings. The fraction of sp³-hybridized carbons (Fsp3) is 0.235. The molecule has 1 unspecified atom stereocenters. The van der Waals surface area contributed by atoms with E-state index in [1.165, 1.54) is 0 Å². The van der Waals surface area contributed by atoms with Crippen LogP contribution >= 0.6 is 12.4 Å². The van der Waals surface area contributed by atoms with Crippen LogP contribution in [0.2, 0.25) is 0 Å². The summed E-state index contributed by atoms with van der Waals surface area (Å²) in [7, 11) is 1.57. The number of rotatable bonds is 7. The maximum absolute atomic E-state index is 11.8. The standard InChI is InChI=1S/C17H20N2O3.ClH/c1-22-15-9-5-6-13(10-15)16(20)11-19-17(21)12-18-14-7-3-2-4-8-14;/h2-10,16,18,20H,11-12H2,1H3,(H,19,21);1H. The molecule has 2 aromatic carbocycles. The van der Waals surface area contributed by atoms with E-state index in [4.69, 9.17) is 4.74 Å². The van der Waals surface area contributed by atoms with E-state index in [9.17, 15) is 9.90 Å². The number of aliphatic hydroxyl groups excluding tert-OH is 1. The van der Waals surface area contributed by atoms with Gasteiger partial charge >= 0.3 is 0 Å². The summed E-state index contributed by atoms with van der Waals surface area (Å²) >= 11 is 0. The van der Waals surface area contributed by atoms with E-state index in [0.717, 1.165) is 5.69 Å². The summed E-state index contributed by atoms with van der Waals surface area (Å²) in [5.41, 5.74) is 1.58. The number of carbonyl (C=O) groups is 1. The number of halogens is 1. The normalized spacial score (nSPS) is 11.0. The Labute approximate surface area is 142 Å². The summed E-state index contributed by atoms with van der Waals surface area (Å²) in [6, 6.07) is 16.6. The first-order valence-corrected chi connectivity index (χ1v) is 7.06. The molecule has 0 aliphatic rings. The number of methoxy groups -OCH3 is 1. The van der Waals surface area contributed by atoms with Gasteiger partial charge in [0.2, 0.25) is 5.91 Å². The molecule has 0 bridgehead atoms. The van der Waals surface area contributed by atoms with Crippen LogP contribution in [0.5, 0.6) is 5.75 Å². The molecule has 0 heterocycles. The van der Waals surface area contributed by atoms with Crippen molar-refractivity contribution in [2.75, 3.05) is 25.5 Å². The Morgan fingerprint density at radius 3 is 2.61 bits per heavy atom. The van der Waals surface area contributed by atoms with Gasteiger partial charge in [0.1, 0.15) is 5.75 Å². The Bertz CT molecular complexity index is 608. The Kier molecular flexibility index (Phi) is 7.94. The van der Waals surface area contributed by atoms with Gasteiger partial charge in [-0.25, -0.2) is 0 Å². The third-order valence-electron chi connectivity index (χ3n) is 3.20. The topological polar surface area (TPSA) is 70.6 Å². The Morgan fingerprint density at radius 1 is 1.17 bits per heavy atom. The Balaban J connectivity index is 0.00000264. The lowest BCUT2D eigenvalue weighted by Crippen LogP contribution is -2.33. The van der Waals surface area contributed by atoms with E-state index in [2.05, 4.69) is 10.6 Å². The highest BCUT2D eigenvalue weighted by atomic mass is 35.5. The van der Waals surface area contributed by atoms with Crippen molar-refractivity contribution >= 4 is 24.0 Å². The molecular formula is C17H21ClN2O3. The van der Waals surface area contributed by atoms with Crippen molar-refractivity contribution in [2.24, 2.45) is 0 Å². The molecule has 0 radical (unpaired) electrons. The summed E-state index contributed by atoms with van der Waals surface area (Å²) in [4.78, 5) is 11.8. The predicted molar refractivity (Wildman–Crippen MR) is 93.1 cm³/mol. The van der Waals surface area contributed by atoms with Gasteiger partial charge in [-0.2, -0.15) is 0 Å². The van der Waals surface area contributed by atoms with Gasteiger partial charge in [0.05, 0.1) is 19.8 Å². The first kappa shape index (κ1) is 18.8. The van der Waals surface area contributed by atoms with Crippen LogP contribution in [-0.4, -0.2) is 31.2 Å². The fourth-order valence-corrected chi connectivity index (χ4v) is 1.98. The number of amides is 1. The molecule has 0 saturated carbocycles. The van der Waals surface area contributed by atoms with Gasteiger partial charge in [0, 0.05) is 12.2 Å². The molecule has 0 aliphatic carbocycles. The first-order valence-electron chi connectivity index (χ1n) is 7.06. The maximum atomic E-state index is 11.8. The number of ether oxygens (including phenoxy) is 1. The van der Waals surface area contributed by atoms with Gasteiger partial charge in [-0.15, -0.1) is 12.4 Å². The lowest BCUT2D eigenvalue weighted by Gasteiger charge is -2.13. The number of nitrogens with one attached hydrogen (secondary N) is 2. The van der Waals surface area contributed by atoms with Crippen molar-refractivity contribution in [3.63, 3.8) is 0 Å². The molecule has 5 nitrogen and oxygen atoms in total. The zero-order chi connectivity index (χ0) is 15.8. The lowest BCUT2D eigenvalue weighted by molar-refractivity contribution is -0.119. The summed E-state index contributed by atoms with van der Waals surface area (Å²) in [6.45, 7) is 0.317. The molecule has 2 rings (SSSR count). The summed E-state index contributed by atoms with van der Waals surface area (Å²) in [6.07, 6.45) is -0.768. The minimum absolute atomic E-state index is 0. The zero-order valence-electron chi connectivity index (χ0n) is 12.9. The van der Waals surface area contributed by atoms with E-state index in [1.54, 1.807) is 31.4 Å². The van der Waals surface area contributed by atoms with Crippen LogP contribution in [-0.2, 0) is 4.79 Å². The van der Waals surface area contributed by atoms with Crippen molar-refractivity contribution in [2.45, 2.75) is 6.10 Å². The van der Waals surface area contributed by atoms with Crippen LogP contribution in [0.15, 0.2) is 54.6 Å². The van der Waals surface area contributed by atoms with Crippen molar-refractivity contribution in [3.8, 4) is 5.75 Å². The van der Waals surface area contributed by atoms with E-state index in [0.29, 0.717) is 11.3 Å². The fourth-order valence-electron chi connectivity index (χ4n) is 1.98. The average molecular weight is 337 g/mol. The van der Waals surface area contributed by atoms with Gasteiger partial charge in [0.15, 0.2) is 0 Å². The van der Waals surface area contributed by atoms with Crippen molar-refractivity contribution in [1.82, 2.24) is 5.32 Å². The van der Waals surface area contributed by atoms with E-state index >= 15 is 0 Å². The van der Waals surface area contributed by atoms with E-state index in [-0.39, 0.29) is 31.4 Å². The molecule has 3 N–H and O–H groups in total. The molecular weight excluding hydrogens is 316 g/mol. The minimum Gasteiger partial charge on any atom is -0.497 e. The number of anilines is 1. The zero-order valence-corrected chi connectivity index (χ0v) is 13.7. The average Bonchev–Trinajstić information content (AvgIpc) is 2.58. The van der Waals surface area contributed by atoms with Crippen molar-refractivity contribution in [1.29, 1.82) is 0 Å². The number of hydrogen-bond acceptors (Lipinski definition) is 4. The van der Waals surface area contributed by atoms with Crippen LogP contribution in [0.25, 0.3) is 0 Å². The van der Waals surface area contributed by atoms with Gasteiger partial charge in [-0.1, -0.05) is 30.3 Å². The summed E-state index contributed by atoms with van der Waals surface area (Å²) < 4.78 is 5.11. The molecule has 1 atom stereocenters. The van der Waals surface area contributed by atoms with Crippen LogP contribution in [0, 0.1) is 0 Å². The van der Waals surface area contributed by atoms with Gasteiger partial charge < -0.3 is 20.5 Å². The highest BCUT2D eigenvalue weighted by Gasteiger charge is 2.10. The monoisotopic (exact) mass is 336 g/mol. The van der Waals surface area contributed by atoms with Crippen LogP contribution < -0.4 is 15.4 Å². The third kappa shape index (κ3) is 6.18. The Hall–Kier alpha value is -2.24. The predicted octanol–water partition coefficient (Wildman–Crippen LogP) is 2.38. The van der Waals surface area contributed by atoms with Crippen molar-refractivity contribution in [3.05, 3.63) is 60.2 Å². The second kappa shape index (κ2) is 9.71. The van der Waals surface area contributed by atoms with Crippen molar-refractivity contribution < 1.29 is 14.6 Å². The molecule has 6 heteroatoms. The second-order valence-corrected chi connectivity index (χ2v) is 4.82. The molecule has 0 fully saturated rings. The molecule has 124 valence electrons. The minimum atomic E-state index is -0.768. The smallest absolute Gasteiger partial charge is 0.239 e. The van der Waals surface area contributed by atoms with Crippen LogP contribution in [0.4, 0.5) is 5.69 Å². The quantitative estimate of drug-likeness (QED) is 0.726. The highest BCUT2D eigenvalue weighted by Crippen LogP contribution is 2.18. The number of carbonyl (C=O) groups excluding carboxylic acids is 1. The molecule has 1 amide bonds. The number of benzene rings is 2. The largest absolute Gasteiger partial charge is 0.497 e. The van der Waals surface area contributed by atoms with E-state index < -0.39 is 6.10 Å². The van der Waals surface area contributed by atoms with E-state index in [1.807, 2.05) is 30.3 Å². The SMILES string of the molecule is COc1cccc(C(O)CNC(=O)CNc2ccccc2)c1.Cl. The first-order chi connectivity index (χ1) is 10.7.